The topological polar surface area (TPSA) is 49.4 Å². The van der Waals surface area contributed by atoms with Crippen LogP contribution in [0.4, 0.5) is 0 Å². The monoisotopic (exact) mass is 248 g/mol. The molecule has 1 atom stereocenters. The van der Waals surface area contributed by atoms with Crippen molar-refractivity contribution in [2.75, 3.05) is 37.7 Å². The van der Waals surface area contributed by atoms with Crippen molar-refractivity contribution < 1.29 is 8.42 Å². The molecule has 0 aliphatic carbocycles. The molecule has 0 aromatic carbocycles. The maximum atomic E-state index is 11.2. The number of nitrogens with zero attached hydrogens (tertiary/aromatic N) is 1. The number of hydrogen-bond donors (Lipinski definition) is 1. The molecule has 0 saturated carbocycles. The second kappa shape index (κ2) is 6.57. The summed E-state index contributed by atoms with van der Waals surface area (Å²) >= 11 is 0. The van der Waals surface area contributed by atoms with Gasteiger partial charge in [0.25, 0.3) is 0 Å². The van der Waals surface area contributed by atoms with Gasteiger partial charge in [0.2, 0.25) is 0 Å². The van der Waals surface area contributed by atoms with Gasteiger partial charge in [0.05, 0.1) is 11.5 Å². The van der Waals surface area contributed by atoms with Gasteiger partial charge in [-0.2, -0.15) is 0 Å². The van der Waals surface area contributed by atoms with Gasteiger partial charge in [0.15, 0.2) is 9.84 Å². The zero-order valence-electron chi connectivity index (χ0n) is 10.4. The third kappa shape index (κ3) is 4.80. The number of nitrogens with one attached hydrogen (secondary N) is 1. The quantitative estimate of drug-likeness (QED) is 0.666. The van der Waals surface area contributed by atoms with Crippen LogP contribution >= 0.6 is 0 Å². The van der Waals surface area contributed by atoms with E-state index in [1.54, 1.807) is 0 Å². The first-order valence-corrected chi connectivity index (χ1v) is 8.05. The van der Waals surface area contributed by atoms with Gasteiger partial charge in [0, 0.05) is 6.04 Å². The highest BCUT2D eigenvalue weighted by atomic mass is 32.2. The van der Waals surface area contributed by atoms with Crippen molar-refractivity contribution in [3.8, 4) is 0 Å². The Morgan fingerprint density at radius 1 is 1.31 bits per heavy atom. The predicted octanol–water partition coefficient (Wildman–Crippen LogP) is 0.495. The summed E-state index contributed by atoms with van der Waals surface area (Å²) in [4.78, 5) is 2.38. The van der Waals surface area contributed by atoms with Crippen LogP contribution in [0.15, 0.2) is 0 Å². The lowest BCUT2D eigenvalue weighted by Crippen LogP contribution is -2.33. The highest BCUT2D eigenvalue weighted by Crippen LogP contribution is 2.10. The van der Waals surface area contributed by atoms with Gasteiger partial charge in [-0.3, -0.25) is 0 Å². The minimum atomic E-state index is -2.73. The lowest BCUT2D eigenvalue weighted by atomic mass is 10.2. The van der Waals surface area contributed by atoms with Crippen LogP contribution in [0.1, 0.15) is 26.7 Å². The molecule has 0 bridgehead atoms. The number of hydrogen-bond acceptors (Lipinski definition) is 4. The first-order valence-electron chi connectivity index (χ1n) is 6.23. The van der Waals surface area contributed by atoms with E-state index in [1.165, 1.54) is 0 Å². The third-order valence-electron chi connectivity index (χ3n) is 3.21. The molecule has 4 nitrogen and oxygen atoms in total. The van der Waals surface area contributed by atoms with Crippen LogP contribution in [0.3, 0.4) is 0 Å². The Kier molecular flexibility index (Phi) is 5.72. The van der Waals surface area contributed by atoms with Crippen LogP contribution in [0.25, 0.3) is 0 Å². The van der Waals surface area contributed by atoms with E-state index in [0.717, 1.165) is 39.0 Å². The van der Waals surface area contributed by atoms with E-state index in [0.29, 0.717) is 11.5 Å². The van der Waals surface area contributed by atoms with Crippen LogP contribution in [0, 0.1) is 0 Å². The average molecular weight is 248 g/mol. The first-order chi connectivity index (χ1) is 7.57. The van der Waals surface area contributed by atoms with Crippen molar-refractivity contribution in [3.63, 3.8) is 0 Å². The van der Waals surface area contributed by atoms with Crippen LogP contribution in [-0.2, 0) is 9.84 Å². The summed E-state index contributed by atoms with van der Waals surface area (Å²) < 4.78 is 22.5. The van der Waals surface area contributed by atoms with Crippen LogP contribution in [0.2, 0.25) is 0 Å². The van der Waals surface area contributed by atoms with E-state index in [4.69, 9.17) is 0 Å². The summed E-state index contributed by atoms with van der Waals surface area (Å²) in [5.41, 5.74) is 0. The zero-order chi connectivity index (χ0) is 12.0. The van der Waals surface area contributed by atoms with Crippen molar-refractivity contribution in [1.82, 2.24) is 10.2 Å². The standard InChI is InChI=1S/C11H24N2O2S/c1-3-13(4-2)8-5-7-12-11-6-9-16(14,15)10-11/h11-12H,3-10H2,1-2H3/t11-/m1/s1. The summed E-state index contributed by atoms with van der Waals surface area (Å²) in [5, 5.41) is 3.33. The van der Waals surface area contributed by atoms with E-state index < -0.39 is 9.84 Å². The smallest absolute Gasteiger partial charge is 0.151 e. The van der Waals surface area contributed by atoms with E-state index >= 15 is 0 Å². The van der Waals surface area contributed by atoms with Gasteiger partial charge in [-0.25, -0.2) is 8.42 Å². The van der Waals surface area contributed by atoms with Crippen molar-refractivity contribution in [1.29, 1.82) is 0 Å². The maximum Gasteiger partial charge on any atom is 0.151 e. The molecule has 0 amide bonds. The normalized spacial score (nSPS) is 24.1. The van der Waals surface area contributed by atoms with E-state index in [1.807, 2.05) is 0 Å². The predicted molar refractivity (Wildman–Crippen MR) is 67.5 cm³/mol. The van der Waals surface area contributed by atoms with Crippen LogP contribution in [0.5, 0.6) is 0 Å². The molecular formula is C11H24N2O2S. The lowest BCUT2D eigenvalue weighted by molar-refractivity contribution is 0.296. The summed E-state index contributed by atoms with van der Waals surface area (Å²) in [5.74, 6) is 0.693. The van der Waals surface area contributed by atoms with Crippen LogP contribution in [-0.4, -0.2) is 57.0 Å². The van der Waals surface area contributed by atoms with Gasteiger partial charge in [-0.15, -0.1) is 0 Å². The molecule has 16 heavy (non-hydrogen) atoms. The first kappa shape index (κ1) is 13.9. The van der Waals surface area contributed by atoms with Crippen molar-refractivity contribution >= 4 is 9.84 Å². The Labute approximate surface area is 99.3 Å². The summed E-state index contributed by atoms with van der Waals surface area (Å²) in [6, 6.07) is 0.196. The Balaban J connectivity index is 2.08. The molecule has 1 rings (SSSR count). The molecular weight excluding hydrogens is 224 g/mol. The molecule has 0 unspecified atom stereocenters. The highest BCUT2D eigenvalue weighted by molar-refractivity contribution is 7.91. The highest BCUT2D eigenvalue weighted by Gasteiger charge is 2.26. The fourth-order valence-corrected chi connectivity index (χ4v) is 3.81. The molecule has 96 valence electrons. The van der Waals surface area contributed by atoms with Crippen molar-refractivity contribution in [2.24, 2.45) is 0 Å². The molecule has 1 N–H and O–H groups in total. The Morgan fingerprint density at radius 2 is 2.00 bits per heavy atom. The van der Waals surface area contributed by atoms with E-state index in [9.17, 15) is 8.42 Å². The fraction of sp³-hybridized carbons (Fsp3) is 1.00. The molecule has 1 heterocycles. The Hall–Kier alpha value is -0.130. The minimum absolute atomic E-state index is 0.196. The number of sulfone groups is 1. The summed E-state index contributed by atoms with van der Waals surface area (Å²) in [6.07, 6.45) is 1.88. The van der Waals surface area contributed by atoms with Gasteiger partial charge < -0.3 is 10.2 Å². The number of rotatable bonds is 7. The van der Waals surface area contributed by atoms with Crippen molar-refractivity contribution in [2.45, 2.75) is 32.7 Å². The Morgan fingerprint density at radius 3 is 2.50 bits per heavy atom. The largest absolute Gasteiger partial charge is 0.313 e. The molecule has 0 aromatic heterocycles. The molecule has 1 aliphatic heterocycles. The SMILES string of the molecule is CCN(CC)CCCN[C@@H]1CCS(=O)(=O)C1. The van der Waals surface area contributed by atoms with Crippen molar-refractivity contribution in [3.05, 3.63) is 0 Å². The lowest BCUT2D eigenvalue weighted by Gasteiger charge is -2.18. The second-order valence-electron chi connectivity index (χ2n) is 4.43. The zero-order valence-corrected chi connectivity index (χ0v) is 11.2. The van der Waals surface area contributed by atoms with Gasteiger partial charge >= 0.3 is 0 Å². The summed E-state index contributed by atoms with van der Waals surface area (Å²) in [6.45, 7) is 8.54. The molecule has 1 aliphatic rings. The molecule has 0 spiro atoms. The molecule has 1 fully saturated rings. The molecule has 1 saturated heterocycles. The van der Waals surface area contributed by atoms with Crippen LogP contribution < -0.4 is 5.32 Å². The molecule has 5 heteroatoms. The second-order valence-corrected chi connectivity index (χ2v) is 6.66. The molecule has 0 radical (unpaired) electrons. The van der Waals surface area contributed by atoms with Gasteiger partial charge in [-0.1, -0.05) is 13.8 Å². The van der Waals surface area contributed by atoms with E-state index in [2.05, 4.69) is 24.1 Å². The summed E-state index contributed by atoms with van der Waals surface area (Å²) in [7, 11) is -2.73. The van der Waals surface area contributed by atoms with Gasteiger partial charge in [-0.05, 0) is 39.0 Å². The van der Waals surface area contributed by atoms with Gasteiger partial charge in [0.1, 0.15) is 0 Å². The van der Waals surface area contributed by atoms with E-state index in [-0.39, 0.29) is 6.04 Å². The Bertz CT molecular complexity index is 286. The fourth-order valence-electron chi connectivity index (χ4n) is 2.10. The molecule has 0 aromatic rings. The third-order valence-corrected chi connectivity index (χ3v) is 4.98. The maximum absolute atomic E-state index is 11.2. The minimum Gasteiger partial charge on any atom is -0.313 e. The average Bonchev–Trinajstić information content (AvgIpc) is 2.59.